The molecular weight excluding hydrogens is 345 g/mol. The first-order chi connectivity index (χ1) is 11.9. The van der Waals surface area contributed by atoms with E-state index in [4.69, 9.17) is 4.52 Å². The molecule has 0 aliphatic carbocycles. The van der Waals surface area contributed by atoms with Gasteiger partial charge in [0, 0.05) is 12.6 Å². The Kier molecular flexibility index (Phi) is 4.91. The lowest BCUT2D eigenvalue weighted by atomic mass is 10.2. The third-order valence-electron chi connectivity index (χ3n) is 3.60. The third-order valence-corrected chi connectivity index (χ3v) is 5.37. The van der Waals surface area contributed by atoms with Gasteiger partial charge in [-0.25, -0.2) is 12.8 Å². The quantitative estimate of drug-likeness (QED) is 0.675. The summed E-state index contributed by atoms with van der Waals surface area (Å²) in [7, 11) is -2.16. The number of benzene rings is 2. The molecule has 0 saturated carbocycles. The fourth-order valence-corrected chi connectivity index (χ4v) is 3.36. The van der Waals surface area contributed by atoms with Crippen LogP contribution < -0.4 is 0 Å². The molecule has 25 heavy (non-hydrogen) atoms. The first kappa shape index (κ1) is 17.2. The zero-order valence-electron chi connectivity index (χ0n) is 13.5. The van der Waals surface area contributed by atoms with E-state index in [1.54, 1.807) is 0 Å². The van der Waals surface area contributed by atoms with Crippen molar-refractivity contribution in [3.63, 3.8) is 0 Å². The molecule has 8 heteroatoms. The van der Waals surface area contributed by atoms with Gasteiger partial charge in [0.25, 0.3) is 0 Å². The monoisotopic (exact) mass is 361 g/mol. The highest BCUT2D eigenvalue weighted by Gasteiger charge is 2.21. The summed E-state index contributed by atoms with van der Waals surface area (Å²) >= 11 is 0. The largest absolute Gasteiger partial charge is 0.338 e. The molecule has 0 aliphatic heterocycles. The molecule has 0 amide bonds. The average molecular weight is 361 g/mol. The average Bonchev–Trinajstić information content (AvgIpc) is 3.06. The molecule has 0 radical (unpaired) electrons. The highest BCUT2D eigenvalue weighted by atomic mass is 32.2. The van der Waals surface area contributed by atoms with Crippen LogP contribution >= 0.6 is 0 Å². The zero-order chi connectivity index (χ0) is 17.9. The van der Waals surface area contributed by atoms with Crippen LogP contribution in [-0.2, 0) is 22.3 Å². The smallest absolute Gasteiger partial charge is 0.242 e. The molecule has 0 atom stereocenters. The summed E-state index contributed by atoms with van der Waals surface area (Å²) in [4.78, 5) is 4.22. The first-order valence-corrected chi connectivity index (χ1v) is 9.11. The molecule has 0 aliphatic rings. The minimum Gasteiger partial charge on any atom is -0.338 e. The molecule has 0 bridgehead atoms. The summed E-state index contributed by atoms with van der Waals surface area (Å²) in [6.07, 6.45) is 0. The van der Waals surface area contributed by atoms with Gasteiger partial charge < -0.3 is 4.52 Å². The maximum atomic E-state index is 12.9. The Morgan fingerprint density at radius 1 is 1.08 bits per heavy atom. The van der Waals surface area contributed by atoms with Gasteiger partial charge in [-0.05, 0) is 17.7 Å². The number of hydrogen-bond donors (Lipinski definition) is 0. The lowest BCUT2D eigenvalue weighted by molar-refractivity contribution is 0.336. The number of sulfonamides is 1. The van der Waals surface area contributed by atoms with Crippen LogP contribution in [0.25, 0.3) is 11.4 Å². The van der Waals surface area contributed by atoms with Gasteiger partial charge in [-0.3, -0.25) is 0 Å². The van der Waals surface area contributed by atoms with Gasteiger partial charge in [-0.15, -0.1) is 0 Å². The second-order valence-corrected chi connectivity index (χ2v) is 7.59. The second kappa shape index (κ2) is 7.12. The van der Waals surface area contributed by atoms with Crippen molar-refractivity contribution >= 4 is 10.0 Å². The van der Waals surface area contributed by atoms with Crippen molar-refractivity contribution in [2.75, 3.05) is 7.05 Å². The summed E-state index contributed by atoms with van der Waals surface area (Å²) in [5.41, 5.74) is 1.29. The van der Waals surface area contributed by atoms with Gasteiger partial charge in [0.2, 0.25) is 21.7 Å². The first-order valence-electron chi connectivity index (χ1n) is 7.50. The van der Waals surface area contributed by atoms with Crippen LogP contribution in [0.3, 0.4) is 0 Å². The number of hydrogen-bond acceptors (Lipinski definition) is 5. The number of rotatable bonds is 6. The lowest BCUT2D eigenvalue weighted by Gasteiger charge is -2.15. The van der Waals surface area contributed by atoms with Crippen LogP contribution in [-0.4, -0.2) is 29.9 Å². The molecular formula is C17H16FN3O3S. The van der Waals surface area contributed by atoms with E-state index in [2.05, 4.69) is 10.1 Å². The van der Waals surface area contributed by atoms with Gasteiger partial charge >= 0.3 is 0 Å². The zero-order valence-corrected chi connectivity index (χ0v) is 14.3. The van der Waals surface area contributed by atoms with Crippen molar-refractivity contribution in [3.8, 4) is 11.4 Å². The number of aromatic nitrogens is 2. The molecule has 1 aromatic heterocycles. The molecule has 0 fully saturated rings. The second-order valence-electron chi connectivity index (χ2n) is 5.52. The van der Waals surface area contributed by atoms with Crippen molar-refractivity contribution in [1.82, 2.24) is 14.4 Å². The molecule has 0 saturated heterocycles. The maximum absolute atomic E-state index is 12.9. The van der Waals surface area contributed by atoms with Gasteiger partial charge in [0.15, 0.2) is 0 Å². The summed E-state index contributed by atoms with van der Waals surface area (Å²) in [6.45, 7) is -0.0383. The molecule has 6 nitrogen and oxygen atoms in total. The maximum Gasteiger partial charge on any atom is 0.242 e. The number of nitrogens with zero attached hydrogens (tertiary/aromatic N) is 3. The predicted octanol–water partition coefficient (Wildman–Crippen LogP) is 2.84. The van der Waals surface area contributed by atoms with E-state index in [1.165, 1.54) is 31.3 Å². The molecule has 0 N–H and O–H groups in total. The van der Waals surface area contributed by atoms with Crippen molar-refractivity contribution in [2.45, 2.75) is 12.3 Å². The normalized spacial score (nSPS) is 11.8. The van der Waals surface area contributed by atoms with Crippen LogP contribution in [0.2, 0.25) is 0 Å². The molecule has 0 unspecified atom stereocenters. The highest BCUT2D eigenvalue weighted by Crippen LogP contribution is 2.17. The summed E-state index contributed by atoms with van der Waals surface area (Å²) < 4.78 is 44.0. The van der Waals surface area contributed by atoms with E-state index in [0.717, 1.165) is 9.87 Å². The Bertz CT molecular complexity index is 941. The van der Waals surface area contributed by atoms with Crippen molar-refractivity contribution in [2.24, 2.45) is 0 Å². The lowest BCUT2D eigenvalue weighted by Crippen LogP contribution is -2.27. The molecule has 130 valence electrons. The van der Waals surface area contributed by atoms with Gasteiger partial charge in [0.1, 0.15) is 5.82 Å². The van der Waals surface area contributed by atoms with Crippen molar-refractivity contribution < 1.29 is 17.3 Å². The Balaban J connectivity index is 1.70. The molecule has 3 rings (SSSR count). The standard InChI is InChI=1S/C17H16FN3O3S/c1-21(25(22,23)12-13-7-9-15(18)10-8-13)11-16-19-17(20-24-16)14-5-3-2-4-6-14/h2-10H,11-12H2,1H3. The predicted molar refractivity (Wildman–Crippen MR) is 90.2 cm³/mol. The van der Waals surface area contributed by atoms with Gasteiger partial charge in [-0.1, -0.05) is 47.6 Å². The van der Waals surface area contributed by atoms with E-state index in [1.807, 2.05) is 30.3 Å². The van der Waals surface area contributed by atoms with Crippen LogP contribution in [0, 0.1) is 5.82 Å². The van der Waals surface area contributed by atoms with Crippen LogP contribution in [0.5, 0.6) is 0 Å². The summed E-state index contributed by atoms with van der Waals surface area (Å²) in [5, 5.41) is 3.87. The van der Waals surface area contributed by atoms with Crippen molar-refractivity contribution in [3.05, 3.63) is 71.9 Å². The molecule has 1 heterocycles. The summed E-state index contributed by atoms with van der Waals surface area (Å²) in [5.74, 6) is -0.0403. The van der Waals surface area contributed by atoms with Gasteiger partial charge in [-0.2, -0.15) is 9.29 Å². The van der Waals surface area contributed by atoms with E-state index >= 15 is 0 Å². The molecule has 2 aromatic carbocycles. The van der Waals surface area contributed by atoms with Crippen LogP contribution in [0.1, 0.15) is 11.5 Å². The van der Waals surface area contributed by atoms with Crippen molar-refractivity contribution in [1.29, 1.82) is 0 Å². The van der Waals surface area contributed by atoms with Crippen LogP contribution in [0.4, 0.5) is 4.39 Å². The fraction of sp³-hybridized carbons (Fsp3) is 0.176. The summed E-state index contributed by atoms with van der Waals surface area (Å²) in [6, 6.07) is 14.6. The SMILES string of the molecule is CN(Cc1nc(-c2ccccc2)no1)S(=O)(=O)Cc1ccc(F)cc1. The van der Waals surface area contributed by atoms with Crippen LogP contribution in [0.15, 0.2) is 59.1 Å². The highest BCUT2D eigenvalue weighted by molar-refractivity contribution is 7.88. The van der Waals surface area contributed by atoms with E-state index in [9.17, 15) is 12.8 Å². The van der Waals surface area contributed by atoms with E-state index in [0.29, 0.717) is 11.4 Å². The Morgan fingerprint density at radius 2 is 1.76 bits per heavy atom. The topological polar surface area (TPSA) is 76.3 Å². The minimum atomic E-state index is -3.60. The Labute approximate surface area is 145 Å². The minimum absolute atomic E-state index is 0.0383. The fourth-order valence-electron chi connectivity index (χ4n) is 2.21. The third kappa shape index (κ3) is 4.28. The van der Waals surface area contributed by atoms with Gasteiger partial charge in [0.05, 0.1) is 12.3 Å². The number of halogens is 1. The molecule has 3 aromatic rings. The Hall–Kier alpha value is -2.58. The Morgan fingerprint density at radius 3 is 2.44 bits per heavy atom. The van der Waals surface area contributed by atoms with E-state index < -0.39 is 15.8 Å². The van der Waals surface area contributed by atoms with E-state index in [-0.39, 0.29) is 18.2 Å². The molecule has 0 spiro atoms.